The molecule has 0 spiro atoms. The molecule has 0 bridgehead atoms. The highest BCUT2D eigenvalue weighted by atomic mass is 19.1. The average Bonchev–Trinajstić information content (AvgIpc) is 3.24. The molecule has 0 aliphatic carbocycles. The van der Waals surface area contributed by atoms with E-state index in [1.807, 2.05) is 0 Å². The monoisotopic (exact) mass is 434 g/mol. The molecule has 2 aromatic carbocycles. The lowest BCUT2D eigenvalue weighted by Gasteiger charge is -2.20. The van der Waals surface area contributed by atoms with E-state index in [-0.39, 0.29) is 17.6 Å². The molecule has 1 amide bonds. The van der Waals surface area contributed by atoms with E-state index in [9.17, 15) is 9.18 Å². The van der Waals surface area contributed by atoms with Gasteiger partial charge in [0.05, 0.1) is 31.2 Å². The van der Waals surface area contributed by atoms with Gasteiger partial charge in [-0.25, -0.2) is 19.3 Å². The largest absolute Gasteiger partial charge is 0.497 e. The summed E-state index contributed by atoms with van der Waals surface area (Å²) in [6.45, 7) is 1.40. The fourth-order valence-corrected chi connectivity index (χ4v) is 3.27. The first-order valence-electron chi connectivity index (χ1n) is 9.57. The number of halogens is 1. The van der Waals surface area contributed by atoms with Crippen LogP contribution in [-0.2, 0) is 4.79 Å². The summed E-state index contributed by atoms with van der Waals surface area (Å²) in [5.41, 5.74) is 2.39. The molecular weight excluding hydrogens is 415 g/mol. The summed E-state index contributed by atoms with van der Waals surface area (Å²) in [5.74, 6) is 0.415. The summed E-state index contributed by atoms with van der Waals surface area (Å²) in [6.07, 6.45) is 2.95. The molecule has 0 saturated carbocycles. The summed E-state index contributed by atoms with van der Waals surface area (Å²) in [5, 5.41) is 4.19. The Morgan fingerprint density at radius 1 is 1.03 bits per heavy atom. The first-order chi connectivity index (χ1) is 15.5. The molecule has 0 saturated heterocycles. The summed E-state index contributed by atoms with van der Waals surface area (Å²) in [7, 11) is 3.04. The highest BCUT2D eigenvalue weighted by Crippen LogP contribution is 2.42. The SMILES string of the molecule is COc1cc(OC)cc(N(C(C)=O)c2onc(-c3ccc(F)cc3)c2-c2ccncn2)c1. The molecule has 4 rings (SSSR count). The molecule has 2 aromatic heterocycles. The minimum absolute atomic E-state index is 0.144. The summed E-state index contributed by atoms with van der Waals surface area (Å²) in [4.78, 5) is 22.4. The van der Waals surface area contributed by atoms with Crippen molar-refractivity contribution in [3.63, 3.8) is 0 Å². The standard InChI is InChI=1S/C23H19FN4O4/c1-14(29)28(17-10-18(30-2)12-19(11-17)31-3)23-21(20-8-9-25-13-26-20)22(27-32-23)15-4-6-16(24)7-5-15/h4-13H,1-3H3. The lowest BCUT2D eigenvalue weighted by Crippen LogP contribution is -2.23. The van der Waals surface area contributed by atoms with E-state index in [2.05, 4.69) is 15.1 Å². The normalized spacial score (nSPS) is 10.6. The van der Waals surface area contributed by atoms with Crippen molar-refractivity contribution in [2.75, 3.05) is 19.1 Å². The third-order valence-corrected chi connectivity index (χ3v) is 4.74. The van der Waals surface area contributed by atoms with Gasteiger partial charge in [-0.3, -0.25) is 4.79 Å². The second-order valence-electron chi connectivity index (χ2n) is 6.74. The summed E-state index contributed by atoms with van der Waals surface area (Å²) < 4.78 is 29.9. The minimum atomic E-state index is -0.380. The van der Waals surface area contributed by atoms with Crippen molar-refractivity contribution >= 4 is 17.5 Å². The van der Waals surface area contributed by atoms with E-state index in [0.717, 1.165) is 0 Å². The number of ether oxygens (including phenoxy) is 2. The first kappa shape index (κ1) is 21.0. The number of methoxy groups -OCH3 is 2. The van der Waals surface area contributed by atoms with Crippen LogP contribution in [0.5, 0.6) is 11.5 Å². The van der Waals surface area contributed by atoms with Crippen LogP contribution >= 0.6 is 0 Å². The fourth-order valence-electron chi connectivity index (χ4n) is 3.27. The molecule has 0 N–H and O–H groups in total. The first-order valence-corrected chi connectivity index (χ1v) is 9.57. The maximum atomic E-state index is 13.5. The van der Waals surface area contributed by atoms with E-state index in [1.54, 1.807) is 42.6 Å². The van der Waals surface area contributed by atoms with Crippen LogP contribution in [0.2, 0.25) is 0 Å². The Hall–Kier alpha value is -4.27. The molecule has 0 radical (unpaired) electrons. The number of benzene rings is 2. The molecule has 0 fully saturated rings. The minimum Gasteiger partial charge on any atom is -0.497 e. The molecule has 162 valence electrons. The highest BCUT2D eigenvalue weighted by Gasteiger charge is 2.29. The molecule has 2 heterocycles. The van der Waals surface area contributed by atoms with E-state index >= 15 is 0 Å². The van der Waals surface area contributed by atoms with Gasteiger partial charge in [-0.05, 0) is 30.3 Å². The highest BCUT2D eigenvalue weighted by molar-refractivity contribution is 6.03. The zero-order chi connectivity index (χ0) is 22.7. The quantitative estimate of drug-likeness (QED) is 0.437. The van der Waals surface area contributed by atoms with Crippen LogP contribution < -0.4 is 14.4 Å². The topological polar surface area (TPSA) is 90.6 Å². The number of carbonyl (C=O) groups excluding carboxylic acids is 1. The second-order valence-corrected chi connectivity index (χ2v) is 6.74. The molecule has 8 nitrogen and oxygen atoms in total. The van der Waals surface area contributed by atoms with Gasteiger partial charge in [-0.2, -0.15) is 0 Å². The van der Waals surface area contributed by atoms with Gasteiger partial charge in [0.25, 0.3) is 0 Å². The summed E-state index contributed by atoms with van der Waals surface area (Å²) >= 11 is 0. The smallest absolute Gasteiger partial charge is 0.248 e. The molecule has 0 atom stereocenters. The van der Waals surface area contributed by atoms with Crippen LogP contribution in [0.1, 0.15) is 6.92 Å². The van der Waals surface area contributed by atoms with Crippen molar-refractivity contribution in [3.05, 3.63) is 66.9 Å². The molecule has 0 aliphatic rings. The number of amides is 1. The van der Waals surface area contributed by atoms with E-state index < -0.39 is 0 Å². The zero-order valence-electron chi connectivity index (χ0n) is 17.6. The number of anilines is 2. The van der Waals surface area contributed by atoms with Crippen LogP contribution in [0.15, 0.2) is 65.6 Å². The van der Waals surface area contributed by atoms with Crippen molar-refractivity contribution < 1.29 is 23.2 Å². The third kappa shape index (κ3) is 4.00. The Kier molecular flexibility index (Phi) is 5.80. The number of nitrogens with zero attached hydrogens (tertiary/aromatic N) is 4. The van der Waals surface area contributed by atoms with Gasteiger partial charge in [0.2, 0.25) is 11.8 Å². The van der Waals surface area contributed by atoms with Crippen molar-refractivity contribution in [2.45, 2.75) is 6.92 Å². The Morgan fingerprint density at radius 2 is 1.72 bits per heavy atom. The maximum absolute atomic E-state index is 13.5. The van der Waals surface area contributed by atoms with Gasteiger partial charge in [0.15, 0.2) is 0 Å². The lowest BCUT2D eigenvalue weighted by atomic mass is 10.0. The zero-order valence-corrected chi connectivity index (χ0v) is 17.6. The van der Waals surface area contributed by atoms with Crippen molar-refractivity contribution in [3.8, 4) is 34.0 Å². The number of aromatic nitrogens is 3. The molecule has 32 heavy (non-hydrogen) atoms. The van der Waals surface area contributed by atoms with E-state index in [4.69, 9.17) is 14.0 Å². The lowest BCUT2D eigenvalue weighted by molar-refractivity contribution is -0.116. The Morgan fingerprint density at radius 3 is 2.28 bits per heavy atom. The Balaban J connectivity index is 1.95. The predicted molar refractivity (Wildman–Crippen MR) is 115 cm³/mol. The van der Waals surface area contributed by atoms with Crippen LogP contribution in [0, 0.1) is 5.82 Å². The average molecular weight is 434 g/mol. The van der Waals surface area contributed by atoms with Crippen LogP contribution in [-0.4, -0.2) is 35.3 Å². The number of hydrogen-bond donors (Lipinski definition) is 0. The van der Waals surface area contributed by atoms with Crippen molar-refractivity contribution in [1.29, 1.82) is 0 Å². The molecule has 4 aromatic rings. The van der Waals surface area contributed by atoms with Gasteiger partial charge >= 0.3 is 0 Å². The van der Waals surface area contributed by atoms with Crippen LogP contribution in [0.4, 0.5) is 16.0 Å². The molecule has 0 unspecified atom stereocenters. The Labute approximate surface area is 183 Å². The Bertz CT molecular complexity index is 1220. The maximum Gasteiger partial charge on any atom is 0.248 e. The van der Waals surface area contributed by atoms with Gasteiger partial charge in [0, 0.05) is 36.9 Å². The van der Waals surface area contributed by atoms with Gasteiger partial charge < -0.3 is 14.0 Å². The number of hydrogen-bond acceptors (Lipinski definition) is 7. The van der Waals surface area contributed by atoms with Crippen LogP contribution in [0.3, 0.4) is 0 Å². The van der Waals surface area contributed by atoms with Crippen molar-refractivity contribution in [2.24, 2.45) is 0 Å². The fraction of sp³-hybridized carbons (Fsp3) is 0.130. The van der Waals surface area contributed by atoms with Crippen molar-refractivity contribution in [1.82, 2.24) is 15.1 Å². The predicted octanol–water partition coefficient (Wildman–Crippen LogP) is 4.64. The molecule has 9 heteroatoms. The van der Waals surface area contributed by atoms with Gasteiger partial charge in [-0.15, -0.1) is 0 Å². The number of carbonyl (C=O) groups is 1. The molecular formula is C23H19FN4O4. The summed E-state index contributed by atoms with van der Waals surface area (Å²) in [6, 6.07) is 12.5. The van der Waals surface area contributed by atoms with Crippen LogP contribution in [0.25, 0.3) is 22.5 Å². The number of rotatable bonds is 6. The van der Waals surface area contributed by atoms with E-state index in [1.165, 1.54) is 44.5 Å². The van der Waals surface area contributed by atoms with Gasteiger partial charge in [-0.1, -0.05) is 5.16 Å². The molecule has 0 aliphatic heterocycles. The van der Waals surface area contributed by atoms with Gasteiger partial charge in [0.1, 0.15) is 29.3 Å². The van der Waals surface area contributed by atoms with E-state index in [0.29, 0.717) is 39.7 Å². The second kappa shape index (κ2) is 8.84. The third-order valence-electron chi connectivity index (χ3n) is 4.74.